The van der Waals surface area contributed by atoms with Gasteiger partial charge >= 0.3 is 11.9 Å². The second kappa shape index (κ2) is 28.6. The first-order chi connectivity index (χ1) is 36.1. The molecule has 0 radical (unpaired) electrons. The van der Waals surface area contributed by atoms with E-state index in [2.05, 4.69) is 16.0 Å². The lowest BCUT2D eigenvalue weighted by molar-refractivity contribution is -0.163. The Balaban J connectivity index is 1.87. The molecule has 0 bridgehead atoms. The molecule has 21 heteroatoms. The van der Waals surface area contributed by atoms with Crippen LogP contribution in [-0.2, 0) is 63.8 Å². The van der Waals surface area contributed by atoms with Crippen LogP contribution in [0.15, 0.2) is 30.3 Å². The molecule has 77 heavy (non-hydrogen) atoms. The number of rotatable bonds is 14. The highest BCUT2D eigenvalue weighted by molar-refractivity contribution is 6.05. The van der Waals surface area contributed by atoms with Crippen molar-refractivity contribution in [3.63, 3.8) is 0 Å². The zero-order valence-electron chi connectivity index (χ0n) is 47.5. The van der Waals surface area contributed by atoms with Gasteiger partial charge in [-0.2, -0.15) is 0 Å². The molecule has 3 aliphatic heterocycles. The second-order valence-corrected chi connectivity index (χ2v) is 22.6. The van der Waals surface area contributed by atoms with Crippen LogP contribution in [0.5, 0.6) is 0 Å². The molecule has 13 atom stereocenters. The number of cyclic esters (lactones) is 2. The number of amides is 7. The summed E-state index contributed by atoms with van der Waals surface area (Å²) in [7, 11) is 2.82. The molecule has 21 nitrogen and oxygen atoms in total. The zero-order chi connectivity index (χ0) is 57.7. The Labute approximate surface area is 454 Å². The second-order valence-electron chi connectivity index (χ2n) is 22.6. The number of ketones is 1. The van der Waals surface area contributed by atoms with Gasteiger partial charge in [-0.3, -0.25) is 43.2 Å². The van der Waals surface area contributed by atoms with Crippen LogP contribution in [0, 0.1) is 29.6 Å². The topological polar surface area (TPSA) is 279 Å². The van der Waals surface area contributed by atoms with Crippen LogP contribution in [0.3, 0.4) is 0 Å². The minimum atomic E-state index is -1.74. The predicted molar refractivity (Wildman–Crippen MR) is 284 cm³/mol. The van der Waals surface area contributed by atoms with Crippen molar-refractivity contribution in [2.24, 2.45) is 29.6 Å². The normalized spacial score (nSPS) is 28.1. The molecule has 430 valence electrons. The number of carbonyl (C=O) groups is 10. The number of esters is 2. The first-order valence-electron chi connectivity index (χ1n) is 27.5. The van der Waals surface area contributed by atoms with Crippen molar-refractivity contribution >= 4 is 59.1 Å². The van der Waals surface area contributed by atoms with Crippen molar-refractivity contribution in [1.82, 2.24) is 35.6 Å². The number of likely N-dealkylation sites (N-methyl/N-ethyl adjacent to an activating group) is 2. The number of Topliss-reactive ketones (excluding diaryl/α,β-unsaturated/α-hetero) is 1. The van der Waals surface area contributed by atoms with Gasteiger partial charge in [-0.05, 0) is 88.5 Å². The van der Waals surface area contributed by atoms with E-state index >= 15 is 0 Å². The third-order valence-corrected chi connectivity index (χ3v) is 15.2. The Kier molecular flexibility index (Phi) is 23.6. The molecule has 0 unspecified atom stereocenters. The van der Waals surface area contributed by atoms with Crippen LogP contribution >= 0.6 is 0 Å². The number of nitrogens with one attached hydrogen (secondary N) is 3. The number of likely N-dealkylation sites (tertiary alicyclic amines) is 1. The first kappa shape index (κ1) is 63.6. The van der Waals surface area contributed by atoms with Gasteiger partial charge < -0.3 is 55.2 Å². The summed E-state index contributed by atoms with van der Waals surface area (Å²) in [5.41, 5.74) is 0.633. The average Bonchev–Trinajstić information content (AvgIpc) is 4.08. The molecule has 3 fully saturated rings. The van der Waals surface area contributed by atoms with Crippen LogP contribution < -0.4 is 16.0 Å². The number of ether oxygens (including phenoxy) is 2. The number of nitrogens with zero attached hydrogens (tertiary/aromatic N) is 4. The third-order valence-electron chi connectivity index (χ3n) is 15.2. The third kappa shape index (κ3) is 16.5. The predicted octanol–water partition coefficient (Wildman–Crippen LogP) is 2.31. The van der Waals surface area contributed by atoms with Crippen molar-refractivity contribution in [2.75, 3.05) is 27.2 Å². The number of carbonyl (C=O) groups excluding carboxylic acids is 10. The van der Waals surface area contributed by atoms with E-state index in [1.165, 1.54) is 54.5 Å². The monoisotopic (exact) mass is 1080 g/mol. The molecular formula is C56H87N7O14. The van der Waals surface area contributed by atoms with Crippen LogP contribution in [0.25, 0.3) is 0 Å². The van der Waals surface area contributed by atoms with Crippen LogP contribution in [0.1, 0.15) is 133 Å². The maximum absolute atomic E-state index is 15.0. The maximum atomic E-state index is 15.0. The molecule has 0 spiro atoms. The zero-order valence-corrected chi connectivity index (χ0v) is 47.5. The Morgan fingerprint density at radius 3 is 2.06 bits per heavy atom. The number of aliphatic hydroxyl groups excluding tert-OH is 2. The van der Waals surface area contributed by atoms with E-state index in [0.29, 0.717) is 24.8 Å². The molecule has 4 rings (SSSR count). The van der Waals surface area contributed by atoms with Crippen molar-refractivity contribution in [3.05, 3.63) is 35.9 Å². The summed E-state index contributed by atoms with van der Waals surface area (Å²) in [5, 5.41) is 30.2. The molecule has 0 aromatic heterocycles. The molecule has 7 amide bonds. The number of hydrogen-bond donors (Lipinski definition) is 5. The average molecular weight is 1080 g/mol. The molecule has 0 aliphatic carbocycles. The van der Waals surface area contributed by atoms with E-state index in [1.54, 1.807) is 58.0 Å². The summed E-state index contributed by atoms with van der Waals surface area (Å²) in [5.74, 6) is -10.6. The number of benzene rings is 1. The number of fused-ring (bicyclic) bond motifs is 1. The minimum Gasteiger partial charge on any atom is -0.458 e. The lowest BCUT2D eigenvalue weighted by atomic mass is 9.91. The van der Waals surface area contributed by atoms with Gasteiger partial charge in [-0.25, -0.2) is 4.79 Å². The fraction of sp³-hybridized carbons (Fsp3) is 0.714. The van der Waals surface area contributed by atoms with Crippen LogP contribution in [0.2, 0.25) is 0 Å². The van der Waals surface area contributed by atoms with Crippen molar-refractivity contribution in [1.29, 1.82) is 0 Å². The van der Waals surface area contributed by atoms with E-state index < -0.39 is 150 Å². The summed E-state index contributed by atoms with van der Waals surface area (Å²) < 4.78 is 11.9. The maximum Gasteiger partial charge on any atom is 0.329 e. The minimum absolute atomic E-state index is 0.0780. The molecule has 1 aromatic rings. The van der Waals surface area contributed by atoms with E-state index in [4.69, 9.17) is 9.47 Å². The summed E-state index contributed by atoms with van der Waals surface area (Å²) in [6, 6.07) is 0.00586. The van der Waals surface area contributed by atoms with E-state index in [0.717, 1.165) is 0 Å². The molecule has 3 aliphatic rings. The van der Waals surface area contributed by atoms with Crippen molar-refractivity contribution in [2.45, 2.75) is 201 Å². The summed E-state index contributed by atoms with van der Waals surface area (Å²) in [6.07, 6.45) is -4.82. The van der Waals surface area contributed by atoms with Crippen LogP contribution in [0.4, 0.5) is 0 Å². The highest BCUT2D eigenvalue weighted by Gasteiger charge is 2.46. The highest BCUT2D eigenvalue weighted by Crippen LogP contribution is 2.27. The summed E-state index contributed by atoms with van der Waals surface area (Å²) in [4.78, 5) is 148. The Morgan fingerprint density at radius 2 is 1.48 bits per heavy atom. The highest BCUT2D eigenvalue weighted by atomic mass is 16.6. The fourth-order valence-corrected chi connectivity index (χ4v) is 10.4. The SMILES string of the molecule is CC[C@H](C)[C@H]1NC(=O)[C@@H](NC(=O)[C@@H](CC(C)C)N(C)C(=O)[C@@H]2CCCN2C(=O)[C@H](C)O)[C@@H](C)OC(=O)[C@H](Cc2ccccc2)N(C)C(=O)[C@@H]2CCCN2C(=O)[C@H](CC(C)C)NC(=O)[C@@H](C)C(=O)[C@H](C(C)C)OC(=O)C[C@@H]1O. The largest absolute Gasteiger partial charge is 0.458 e. The van der Waals surface area contributed by atoms with Crippen molar-refractivity contribution in [3.8, 4) is 0 Å². The number of aliphatic hydroxyl groups is 2. The van der Waals surface area contributed by atoms with Gasteiger partial charge in [0.25, 0.3) is 5.91 Å². The molecule has 5 N–H and O–H groups in total. The van der Waals surface area contributed by atoms with Gasteiger partial charge in [0.1, 0.15) is 48.5 Å². The van der Waals surface area contributed by atoms with Gasteiger partial charge in [0.2, 0.25) is 35.4 Å². The lowest BCUT2D eigenvalue weighted by Gasteiger charge is -2.36. The standard InChI is InChI=1S/C56H87N7O14/c1-14-33(8)45-43(65)29-44(66)77-48(32(6)7)47(67)34(9)49(68)57-38(26-30(2)3)53(72)63-25-19-23-40(63)55(74)61(13)42(28-37-20-16-15-17-21-37)56(75)76-36(11)46(51(70)58-45)59-50(69)41(27-31(4)5)60(12)54(73)39-22-18-24-62(39)52(71)35(10)64/h15-17,20-21,30-36,38-43,45-46,48,64-65H,14,18-19,22-29H2,1-13H3,(H,57,68)(H,58,70)(H,59,69)/t33-,34-,35-,36+,38-,39-,40-,41+,42-,43-,45+,46-,48-/m0/s1. The Morgan fingerprint density at radius 1 is 0.844 bits per heavy atom. The molecule has 3 saturated heterocycles. The van der Waals surface area contributed by atoms with Gasteiger partial charge in [0, 0.05) is 33.6 Å². The quantitative estimate of drug-likeness (QED) is 0.132. The lowest BCUT2D eigenvalue weighted by Crippen LogP contribution is -2.62. The molecule has 1 aromatic carbocycles. The van der Waals surface area contributed by atoms with Gasteiger partial charge in [0.05, 0.1) is 24.5 Å². The van der Waals surface area contributed by atoms with Crippen molar-refractivity contribution < 1.29 is 67.6 Å². The molecule has 0 saturated carbocycles. The number of hydrogen-bond acceptors (Lipinski definition) is 14. The van der Waals surface area contributed by atoms with E-state index in [-0.39, 0.29) is 57.0 Å². The molecular weight excluding hydrogens is 995 g/mol. The fourth-order valence-electron chi connectivity index (χ4n) is 10.4. The summed E-state index contributed by atoms with van der Waals surface area (Å²) >= 11 is 0. The Hall–Kier alpha value is -5.96. The smallest absolute Gasteiger partial charge is 0.329 e. The van der Waals surface area contributed by atoms with E-state index in [1.807, 2.05) is 27.7 Å². The summed E-state index contributed by atoms with van der Waals surface area (Å²) in [6.45, 7) is 18.5. The van der Waals surface area contributed by atoms with Crippen LogP contribution in [-0.4, -0.2) is 183 Å². The van der Waals surface area contributed by atoms with Gasteiger partial charge in [0.15, 0.2) is 11.9 Å². The van der Waals surface area contributed by atoms with Gasteiger partial charge in [-0.1, -0.05) is 92.1 Å². The van der Waals surface area contributed by atoms with Gasteiger partial charge in [-0.15, -0.1) is 0 Å². The molecule has 3 heterocycles. The Bertz CT molecular complexity index is 2260. The van der Waals surface area contributed by atoms with E-state index in [9.17, 15) is 58.2 Å². The first-order valence-corrected chi connectivity index (χ1v) is 27.5.